The quantitative estimate of drug-likeness (QED) is 0.705. The summed E-state index contributed by atoms with van der Waals surface area (Å²) in [5.74, 6) is 0.142. The van der Waals surface area contributed by atoms with Crippen LogP contribution in [0.15, 0.2) is 18.3 Å². The van der Waals surface area contributed by atoms with Gasteiger partial charge in [-0.15, -0.1) is 11.3 Å². The van der Waals surface area contributed by atoms with E-state index in [-0.39, 0.29) is 17.8 Å². The van der Waals surface area contributed by atoms with Crippen molar-refractivity contribution in [2.45, 2.75) is 27.7 Å². The molecule has 3 N–H and O–H groups in total. The van der Waals surface area contributed by atoms with E-state index in [1.165, 1.54) is 24.6 Å². The van der Waals surface area contributed by atoms with Gasteiger partial charge in [0.25, 0.3) is 5.91 Å². The minimum Gasteiger partial charge on any atom is -0.481 e. The molecule has 0 saturated heterocycles. The normalized spacial score (nSPS) is 10.9. The Morgan fingerprint density at radius 1 is 1.28 bits per heavy atom. The number of carbonyl (C=O) groups is 2. The predicted octanol–water partition coefficient (Wildman–Crippen LogP) is 2.60. The number of anilines is 2. The van der Waals surface area contributed by atoms with Crippen LogP contribution in [0.25, 0.3) is 0 Å². The molecule has 0 atom stereocenters. The van der Waals surface area contributed by atoms with E-state index in [9.17, 15) is 9.59 Å². The molecule has 0 fully saturated rings. The molecule has 0 spiro atoms. The highest BCUT2D eigenvalue weighted by Crippen LogP contribution is 2.28. The molecule has 2 heterocycles. The number of rotatable bonds is 5. The Hall–Kier alpha value is -2.68. The average molecular weight is 363 g/mol. The summed E-state index contributed by atoms with van der Waals surface area (Å²) in [4.78, 5) is 32.9. The van der Waals surface area contributed by atoms with Crippen LogP contribution >= 0.6 is 11.3 Å². The van der Waals surface area contributed by atoms with Crippen molar-refractivity contribution in [3.8, 4) is 5.88 Å². The molecule has 0 unspecified atom stereocenters. The number of methoxy groups -OCH3 is 1. The fraction of sp³-hybridized carbons (Fsp3) is 0.375. The molecule has 0 aliphatic carbocycles. The van der Waals surface area contributed by atoms with Crippen LogP contribution in [0, 0.1) is 12.3 Å². The first-order valence-electron chi connectivity index (χ1n) is 7.56. The number of aryl methyl sites for hydroxylation is 1. The standard InChI is InChI=1S/C16H21N5O3S/c1-9-8-11(19-14(23)16(2,3)4)25-12(9)13(22)20-21-15-17-7-6-10(18-15)24-5/h6-8H,1-5H3,(H,19,23)(H,20,22)(H,17,18,21). The van der Waals surface area contributed by atoms with Gasteiger partial charge in [0.2, 0.25) is 17.7 Å². The molecule has 2 amide bonds. The number of carbonyl (C=O) groups excluding carboxylic acids is 2. The molecular weight excluding hydrogens is 342 g/mol. The second kappa shape index (κ2) is 7.47. The van der Waals surface area contributed by atoms with E-state index in [4.69, 9.17) is 4.74 Å². The summed E-state index contributed by atoms with van der Waals surface area (Å²) >= 11 is 1.21. The molecule has 2 rings (SSSR count). The molecule has 8 nitrogen and oxygen atoms in total. The molecule has 2 aromatic heterocycles. The largest absolute Gasteiger partial charge is 0.481 e. The number of hydrogen-bond acceptors (Lipinski definition) is 7. The van der Waals surface area contributed by atoms with Crippen LogP contribution in [0.5, 0.6) is 5.88 Å². The van der Waals surface area contributed by atoms with Gasteiger partial charge in [-0.1, -0.05) is 20.8 Å². The number of nitrogens with one attached hydrogen (secondary N) is 3. The molecule has 25 heavy (non-hydrogen) atoms. The first kappa shape index (κ1) is 18.7. The number of aromatic nitrogens is 2. The van der Waals surface area contributed by atoms with Gasteiger partial charge < -0.3 is 10.1 Å². The Kier molecular flexibility index (Phi) is 5.58. The number of amides is 2. The molecule has 0 aliphatic heterocycles. The lowest BCUT2D eigenvalue weighted by Gasteiger charge is -2.16. The summed E-state index contributed by atoms with van der Waals surface area (Å²) in [6, 6.07) is 3.37. The van der Waals surface area contributed by atoms with Crippen LogP contribution in [0.4, 0.5) is 10.9 Å². The Balaban J connectivity index is 2.03. The maximum absolute atomic E-state index is 12.3. The lowest BCUT2D eigenvalue weighted by molar-refractivity contribution is -0.123. The summed E-state index contributed by atoms with van der Waals surface area (Å²) in [6.07, 6.45) is 1.51. The van der Waals surface area contributed by atoms with Gasteiger partial charge in [-0.2, -0.15) is 4.98 Å². The molecule has 0 aliphatic rings. The number of hydrazine groups is 1. The van der Waals surface area contributed by atoms with E-state index in [1.54, 1.807) is 19.1 Å². The van der Waals surface area contributed by atoms with Gasteiger partial charge >= 0.3 is 0 Å². The van der Waals surface area contributed by atoms with Crippen molar-refractivity contribution in [3.05, 3.63) is 28.8 Å². The zero-order valence-corrected chi connectivity index (χ0v) is 15.6. The summed E-state index contributed by atoms with van der Waals surface area (Å²) < 4.78 is 4.99. The van der Waals surface area contributed by atoms with Crippen molar-refractivity contribution < 1.29 is 14.3 Å². The van der Waals surface area contributed by atoms with Crippen molar-refractivity contribution in [1.29, 1.82) is 0 Å². The van der Waals surface area contributed by atoms with Gasteiger partial charge in [-0.3, -0.25) is 20.4 Å². The number of hydrogen-bond donors (Lipinski definition) is 3. The molecule has 0 saturated carbocycles. The van der Waals surface area contributed by atoms with E-state index >= 15 is 0 Å². The van der Waals surface area contributed by atoms with Crippen LogP contribution in [-0.4, -0.2) is 28.9 Å². The minimum absolute atomic E-state index is 0.108. The molecule has 0 bridgehead atoms. The van der Waals surface area contributed by atoms with Crippen LogP contribution in [0.3, 0.4) is 0 Å². The molecule has 2 aromatic rings. The maximum atomic E-state index is 12.3. The molecular formula is C16H21N5O3S. The third kappa shape index (κ3) is 4.90. The fourth-order valence-electron chi connectivity index (χ4n) is 1.75. The predicted molar refractivity (Wildman–Crippen MR) is 96.8 cm³/mol. The van der Waals surface area contributed by atoms with Gasteiger partial charge in [0, 0.05) is 17.7 Å². The molecule has 9 heteroatoms. The monoisotopic (exact) mass is 363 g/mol. The molecule has 0 aromatic carbocycles. The SMILES string of the molecule is COc1ccnc(NNC(=O)c2sc(NC(=O)C(C)(C)C)cc2C)n1. The van der Waals surface area contributed by atoms with Gasteiger partial charge in [0.15, 0.2) is 0 Å². The van der Waals surface area contributed by atoms with Crippen LogP contribution in [0.2, 0.25) is 0 Å². The second-order valence-electron chi connectivity index (χ2n) is 6.33. The first-order valence-corrected chi connectivity index (χ1v) is 8.37. The lowest BCUT2D eigenvalue weighted by atomic mass is 9.96. The minimum atomic E-state index is -0.508. The number of thiophene rings is 1. The Bertz CT molecular complexity index is 782. The molecule has 0 radical (unpaired) electrons. The highest BCUT2D eigenvalue weighted by Gasteiger charge is 2.23. The van der Waals surface area contributed by atoms with E-state index in [0.29, 0.717) is 15.8 Å². The van der Waals surface area contributed by atoms with E-state index in [0.717, 1.165) is 5.56 Å². The fourth-order valence-corrected chi connectivity index (χ4v) is 2.72. The average Bonchev–Trinajstić information content (AvgIpc) is 2.92. The third-order valence-corrected chi connectivity index (χ3v) is 4.32. The van der Waals surface area contributed by atoms with Gasteiger partial charge in [0.05, 0.1) is 17.0 Å². The summed E-state index contributed by atoms with van der Waals surface area (Å²) in [7, 11) is 1.49. The van der Waals surface area contributed by atoms with Crippen molar-refractivity contribution in [2.75, 3.05) is 17.9 Å². The van der Waals surface area contributed by atoms with E-state index in [1.807, 2.05) is 20.8 Å². The third-order valence-electron chi connectivity index (χ3n) is 3.17. The van der Waals surface area contributed by atoms with E-state index in [2.05, 4.69) is 26.1 Å². The number of ether oxygens (including phenoxy) is 1. The van der Waals surface area contributed by atoms with Crippen molar-refractivity contribution in [3.63, 3.8) is 0 Å². The van der Waals surface area contributed by atoms with Crippen molar-refractivity contribution in [1.82, 2.24) is 15.4 Å². The highest BCUT2D eigenvalue weighted by atomic mass is 32.1. The topological polar surface area (TPSA) is 105 Å². The van der Waals surface area contributed by atoms with Gasteiger partial charge in [-0.25, -0.2) is 4.98 Å². The smallest absolute Gasteiger partial charge is 0.280 e. The van der Waals surface area contributed by atoms with Gasteiger partial charge in [-0.05, 0) is 18.6 Å². The van der Waals surface area contributed by atoms with Crippen molar-refractivity contribution >= 4 is 34.1 Å². The van der Waals surface area contributed by atoms with Crippen LogP contribution in [0.1, 0.15) is 36.0 Å². The number of nitrogens with zero attached hydrogens (tertiary/aromatic N) is 2. The Morgan fingerprint density at radius 3 is 2.64 bits per heavy atom. The summed E-state index contributed by atoms with van der Waals surface area (Å²) in [5, 5.41) is 3.45. The van der Waals surface area contributed by atoms with Crippen molar-refractivity contribution in [2.24, 2.45) is 5.41 Å². The molecule has 134 valence electrons. The summed E-state index contributed by atoms with van der Waals surface area (Å²) in [5.41, 5.74) is 5.42. The summed E-state index contributed by atoms with van der Waals surface area (Å²) in [6.45, 7) is 7.29. The highest BCUT2D eigenvalue weighted by molar-refractivity contribution is 7.18. The van der Waals surface area contributed by atoms with Crippen LogP contribution in [-0.2, 0) is 4.79 Å². The first-order chi connectivity index (χ1) is 11.7. The lowest BCUT2D eigenvalue weighted by Crippen LogP contribution is -2.30. The zero-order valence-electron chi connectivity index (χ0n) is 14.8. The second-order valence-corrected chi connectivity index (χ2v) is 7.38. The Morgan fingerprint density at radius 2 is 2.00 bits per heavy atom. The zero-order chi connectivity index (χ0) is 18.6. The van der Waals surface area contributed by atoms with E-state index < -0.39 is 5.41 Å². The van der Waals surface area contributed by atoms with Crippen LogP contribution < -0.4 is 20.9 Å². The maximum Gasteiger partial charge on any atom is 0.280 e. The van der Waals surface area contributed by atoms with Gasteiger partial charge in [0.1, 0.15) is 0 Å². The Labute approximate surface area is 150 Å².